The molecule has 0 bridgehead atoms. The van der Waals surface area contributed by atoms with Gasteiger partial charge in [-0.2, -0.15) is 0 Å². The SMILES string of the molecule is CCOC(=O)COc1ccc(Cl)cc1/C=c1/sc2n(c1=O)[C@@H](c1ccc(OCC)c(OCC)c1)C(C(=O)OC)=CN=2. The number of nitrogens with zero attached hydrogens (tertiary/aromatic N) is 2. The maximum Gasteiger partial charge on any atom is 0.344 e. The summed E-state index contributed by atoms with van der Waals surface area (Å²) in [6.45, 7) is 6.18. The van der Waals surface area contributed by atoms with Crippen molar-refractivity contribution in [1.82, 2.24) is 4.57 Å². The van der Waals surface area contributed by atoms with Gasteiger partial charge in [0, 0.05) is 16.8 Å². The lowest BCUT2D eigenvalue weighted by molar-refractivity contribution is -0.145. The van der Waals surface area contributed by atoms with Crippen molar-refractivity contribution in [2.45, 2.75) is 26.8 Å². The number of fused-ring (bicyclic) bond motifs is 1. The number of ether oxygens (including phenoxy) is 5. The Morgan fingerprint density at radius 2 is 1.73 bits per heavy atom. The van der Waals surface area contributed by atoms with Crippen molar-refractivity contribution in [2.24, 2.45) is 4.99 Å². The number of rotatable bonds is 11. The third kappa shape index (κ3) is 6.63. The van der Waals surface area contributed by atoms with Crippen molar-refractivity contribution in [2.75, 3.05) is 33.5 Å². The van der Waals surface area contributed by atoms with Gasteiger partial charge in [-0.1, -0.05) is 29.0 Å². The molecule has 0 spiro atoms. The molecule has 0 unspecified atom stereocenters. The van der Waals surface area contributed by atoms with Crippen molar-refractivity contribution in [1.29, 1.82) is 0 Å². The van der Waals surface area contributed by atoms with Gasteiger partial charge in [-0.15, -0.1) is 0 Å². The van der Waals surface area contributed by atoms with Crippen LogP contribution in [0.1, 0.15) is 37.9 Å². The topological polar surface area (TPSA) is 115 Å². The molecule has 0 fully saturated rings. The zero-order chi connectivity index (χ0) is 29.5. The van der Waals surface area contributed by atoms with E-state index in [1.165, 1.54) is 17.9 Å². The Morgan fingerprint density at radius 1 is 1.00 bits per heavy atom. The monoisotopic (exact) mass is 600 g/mol. The molecular formula is C29H29ClN2O8S. The predicted molar refractivity (Wildman–Crippen MR) is 154 cm³/mol. The predicted octanol–water partition coefficient (Wildman–Crippen LogP) is 3.41. The second-order valence-corrected chi connectivity index (χ2v) is 9.97. The van der Waals surface area contributed by atoms with Gasteiger partial charge in [-0.05, 0) is 62.7 Å². The number of thiazole rings is 1. The average molecular weight is 601 g/mol. The van der Waals surface area contributed by atoms with Crippen molar-refractivity contribution in [3.8, 4) is 17.2 Å². The summed E-state index contributed by atoms with van der Waals surface area (Å²) in [5.41, 5.74) is 0.878. The lowest BCUT2D eigenvalue weighted by atomic mass is 9.97. The highest BCUT2D eigenvalue weighted by Crippen LogP contribution is 2.35. The van der Waals surface area contributed by atoms with Crippen LogP contribution in [0.15, 0.2) is 58.0 Å². The number of aromatic nitrogens is 1. The fraction of sp³-hybridized carbons (Fsp3) is 0.310. The highest BCUT2D eigenvalue weighted by Gasteiger charge is 2.31. The molecule has 3 aromatic rings. The summed E-state index contributed by atoms with van der Waals surface area (Å²) in [4.78, 5) is 43.3. The van der Waals surface area contributed by atoms with Gasteiger partial charge in [0.2, 0.25) is 0 Å². The molecule has 216 valence electrons. The summed E-state index contributed by atoms with van der Waals surface area (Å²) in [5.74, 6) is 0.227. The molecule has 1 aromatic heterocycles. The van der Waals surface area contributed by atoms with Crippen LogP contribution in [-0.2, 0) is 19.1 Å². The van der Waals surface area contributed by atoms with Crippen LogP contribution in [0.3, 0.4) is 0 Å². The number of hydrogen-bond donors (Lipinski definition) is 0. The van der Waals surface area contributed by atoms with E-state index in [2.05, 4.69) is 4.99 Å². The summed E-state index contributed by atoms with van der Waals surface area (Å²) in [5, 5.41) is 0.413. The summed E-state index contributed by atoms with van der Waals surface area (Å²) in [6, 6.07) is 9.27. The van der Waals surface area contributed by atoms with E-state index >= 15 is 0 Å². The Bertz CT molecular complexity index is 1660. The fourth-order valence-electron chi connectivity index (χ4n) is 4.23. The van der Waals surface area contributed by atoms with Crippen molar-refractivity contribution in [3.05, 3.63) is 84.0 Å². The van der Waals surface area contributed by atoms with Gasteiger partial charge in [0.05, 0.1) is 43.1 Å². The maximum atomic E-state index is 13.9. The van der Waals surface area contributed by atoms with E-state index < -0.39 is 23.5 Å². The largest absolute Gasteiger partial charge is 0.490 e. The molecule has 41 heavy (non-hydrogen) atoms. The number of benzene rings is 2. The Hall–Kier alpha value is -4.09. The summed E-state index contributed by atoms with van der Waals surface area (Å²) >= 11 is 7.37. The van der Waals surface area contributed by atoms with Crippen molar-refractivity contribution >= 4 is 41.0 Å². The van der Waals surface area contributed by atoms with E-state index in [-0.39, 0.29) is 18.8 Å². The summed E-state index contributed by atoms with van der Waals surface area (Å²) in [6.07, 6.45) is 3.02. The standard InChI is InChI=1S/C29H29ClN2O8S/c1-5-37-22-10-8-17(13-23(22)38-6-2)26-20(28(35)36-4)15-31-29-32(26)27(34)24(41-29)14-18-12-19(30)9-11-21(18)40-16-25(33)39-7-3/h8-15,26H,5-7,16H2,1-4H3/b24-14+/t26-/m0/s1. The molecule has 10 nitrogen and oxygen atoms in total. The van der Waals surface area contributed by atoms with Crippen LogP contribution >= 0.6 is 22.9 Å². The molecule has 1 aliphatic heterocycles. The van der Waals surface area contributed by atoms with E-state index in [0.717, 1.165) is 11.3 Å². The van der Waals surface area contributed by atoms with Crippen LogP contribution in [0.5, 0.6) is 17.2 Å². The van der Waals surface area contributed by atoms with Crippen LogP contribution in [0.4, 0.5) is 0 Å². The van der Waals surface area contributed by atoms with Gasteiger partial charge in [0.25, 0.3) is 5.56 Å². The highest BCUT2D eigenvalue weighted by molar-refractivity contribution is 7.07. The van der Waals surface area contributed by atoms with Gasteiger partial charge < -0.3 is 23.7 Å². The van der Waals surface area contributed by atoms with E-state index in [4.69, 9.17) is 35.3 Å². The first kappa shape index (κ1) is 29.9. The number of carbonyl (C=O) groups is 2. The van der Waals surface area contributed by atoms with Gasteiger partial charge >= 0.3 is 11.9 Å². The Morgan fingerprint density at radius 3 is 2.44 bits per heavy atom. The first-order valence-electron chi connectivity index (χ1n) is 12.9. The minimum atomic E-state index is -0.838. The summed E-state index contributed by atoms with van der Waals surface area (Å²) < 4.78 is 28.8. The van der Waals surface area contributed by atoms with Crippen molar-refractivity contribution in [3.63, 3.8) is 0 Å². The van der Waals surface area contributed by atoms with Crippen LogP contribution in [0.2, 0.25) is 5.02 Å². The van der Waals surface area contributed by atoms with Gasteiger partial charge in [0.1, 0.15) is 5.75 Å². The third-order valence-corrected chi connectivity index (χ3v) is 7.15. The number of methoxy groups -OCH3 is 1. The van der Waals surface area contributed by atoms with Gasteiger partial charge in [-0.25, -0.2) is 14.6 Å². The van der Waals surface area contributed by atoms with Crippen LogP contribution in [-0.4, -0.2) is 50.0 Å². The summed E-state index contributed by atoms with van der Waals surface area (Å²) in [7, 11) is 1.27. The molecule has 1 atom stereocenters. The molecule has 0 amide bonds. The molecule has 2 heterocycles. The Balaban J connectivity index is 1.85. The minimum absolute atomic E-state index is 0.180. The normalized spacial score (nSPS) is 14.4. The average Bonchev–Trinajstić information content (AvgIpc) is 3.27. The van der Waals surface area contributed by atoms with Gasteiger partial charge in [-0.3, -0.25) is 9.36 Å². The minimum Gasteiger partial charge on any atom is -0.490 e. The molecule has 0 saturated heterocycles. The molecule has 1 aliphatic rings. The second-order valence-electron chi connectivity index (χ2n) is 8.52. The number of halogens is 1. The number of hydrogen-bond acceptors (Lipinski definition) is 10. The van der Waals surface area contributed by atoms with Crippen LogP contribution in [0.25, 0.3) is 6.08 Å². The zero-order valence-electron chi connectivity index (χ0n) is 23.0. The third-order valence-electron chi connectivity index (χ3n) is 5.92. The maximum absolute atomic E-state index is 13.9. The fourth-order valence-corrected chi connectivity index (χ4v) is 5.37. The first-order valence-corrected chi connectivity index (χ1v) is 14.1. The van der Waals surface area contributed by atoms with Crippen LogP contribution in [0, 0.1) is 0 Å². The lowest BCUT2D eigenvalue weighted by Gasteiger charge is -2.23. The smallest absolute Gasteiger partial charge is 0.344 e. The van der Waals surface area contributed by atoms with E-state index in [0.29, 0.717) is 55.9 Å². The Kier molecular flexibility index (Phi) is 9.85. The zero-order valence-corrected chi connectivity index (χ0v) is 24.5. The highest BCUT2D eigenvalue weighted by atomic mass is 35.5. The molecule has 12 heteroatoms. The molecule has 2 aromatic carbocycles. The molecule has 0 aliphatic carbocycles. The van der Waals surface area contributed by atoms with Crippen LogP contribution < -0.4 is 29.1 Å². The van der Waals surface area contributed by atoms with Crippen molar-refractivity contribution < 1.29 is 33.3 Å². The van der Waals surface area contributed by atoms with E-state index in [1.54, 1.807) is 49.4 Å². The van der Waals surface area contributed by atoms with E-state index in [9.17, 15) is 14.4 Å². The number of carbonyl (C=O) groups excluding carboxylic acids is 2. The molecule has 0 saturated carbocycles. The Labute approximate surface area is 245 Å². The molecule has 4 rings (SSSR count). The number of esters is 2. The van der Waals surface area contributed by atoms with E-state index in [1.807, 2.05) is 13.8 Å². The molecular weight excluding hydrogens is 572 g/mol. The lowest BCUT2D eigenvalue weighted by Crippen LogP contribution is -2.39. The molecule has 0 N–H and O–H groups in total. The first-order chi connectivity index (χ1) is 19.8. The quantitative estimate of drug-likeness (QED) is 0.308. The second kappa shape index (κ2) is 13.5. The molecule has 0 radical (unpaired) electrons. The van der Waals surface area contributed by atoms with Gasteiger partial charge in [0.15, 0.2) is 22.9 Å².